The number of hydrogen-bond acceptors (Lipinski definition) is 3. The first-order chi connectivity index (χ1) is 10.8. The largest absolute Gasteiger partial charge is 0.464 e. The Morgan fingerprint density at radius 3 is 2.65 bits per heavy atom. The first-order valence-corrected chi connectivity index (χ1v) is 9.04. The number of rotatable bonds is 5. The van der Waals surface area contributed by atoms with Gasteiger partial charge in [-0.15, -0.1) is 0 Å². The number of hydrogen-bond donors (Lipinski definition) is 0. The molecule has 0 saturated heterocycles. The Bertz CT molecular complexity index is 828. The Morgan fingerprint density at radius 1 is 1.30 bits per heavy atom. The maximum Gasteiger partial charge on any atom is 0.246 e. The van der Waals surface area contributed by atoms with E-state index >= 15 is 0 Å². The van der Waals surface area contributed by atoms with E-state index < -0.39 is 15.8 Å². The molecule has 1 aliphatic rings. The van der Waals surface area contributed by atoms with Crippen LogP contribution in [0, 0.1) is 18.7 Å². The van der Waals surface area contributed by atoms with Gasteiger partial charge >= 0.3 is 0 Å². The fraction of sp³-hybridized carbons (Fsp3) is 0.412. The third-order valence-corrected chi connectivity index (χ3v) is 6.13. The lowest BCUT2D eigenvalue weighted by Gasteiger charge is -2.16. The van der Waals surface area contributed by atoms with Crippen LogP contribution in [0.25, 0.3) is 0 Å². The van der Waals surface area contributed by atoms with Crippen molar-refractivity contribution in [3.05, 3.63) is 53.2 Å². The average molecular weight is 337 g/mol. The lowest BCUT2D eigenvalue weighted by Crippen LogP contribution is -2.27. The zero-order valence-electron chi connectivity index (χ0n) is 13.4. The molecule has 1 saturated carbocycles. The van der Waals surface area contributed by atoms with E-state index in [0.717, 1.165) is 16.5 Å². The smallest absolute Gasteiger partial charge is 0.246 e. The van der Waals surface area contributed by atoms with Crippen LogP contribution in [0.5, 0.6) is 0 Å². The third kappa shape index (κ3) is 3.19. The van der Waals surface area contributed by atoms with Crippen molar-refractivity contribution in [2.24, 2.45) is 5.92 Å². The van der Waals surface area contributed by atoms with Gasteiger partial charge in [0, 0.05) is 13.0 Å². The van der Waals surface area contributed by atoms with Crippen molar-refractivity contribution < 1.29 is 17.2 Å². The van der Waals surface area contributed by atoms with Crippen LogP contribution in [0.1, 0.15) is 36.3 Å². The van der Waals surface area contributed by atoms with Gasteiger partial charge in [0.2, 0.25) is 10.0 Å². The third-order valence-electron chi connectivity index (χ3n) is 4.31. The molecule has 4 nitrogen and oxygen atoms in total. The van der Waals surface area contributed by atoms with Gasteiger partial charge in [-0.2, -0.15) is 4.31 Å². The van der Waals surface area contributed by atoms with Crippen molar-refractivity contribution in [1.29, 1.82) is 0 Å². The molecular weight excluding hydrogens is 317 g/mol. The molecule has 1 aromatic carbocycles. The summed E-state index contributed by atoms with van der Waals surface area (Å²) in [5, 5.41) is 0. The average Bonchev–Trinajstić information content (AvgIpc) is 3.04. The predicted molar refractivity (Wildman–Crippen MR) is 85.0 cm³/mol. The molecule has 0 spiro atoms. The summed E-state index contributed by atoms with van der Waals surface area (Å²) in [6, 6.07) is 7.76. The van der Waals surface area contributed by atoms with Gasteiger partial charge in [0.25, 0.3) is 0 Å². The Morgan fingerprint density at radius 2 is 2.00 bits per heavy atom. The molecule has 0 amide bonds. The summed E-state index contributed by atoms with van der Waals surface area (Å²) in [4.78, 5) is -0.303. The van der Waals surface area contributed by atoms with E-state index in [0.29, 0.717) is 23.2 Å². The van der Waals surface area contributed by atoms with Gasteiger partial charge in [-0.3, -0.25) is 0 Å². The van der Waals surface area contributed by atoms with Gasteiger partial charge in [-0.25, -0.2) is 12.8 Å². The summed E-state index contributed by atoms with van der Waals surface area (Å²) >= 11 is 0. The van der Waals surface area contributed by atoms with Crippen LogP contribution in [0.2, 0.25) is 0 Å². The first kappa shape index (κ1) is 16.2. The van der Waals surface area contributed by atoms with Gasteiger partial charge in [0.15, 0.2) is 0 Å². The predicted octanol–water partition coefficient (Wildman–Crippen LogP) is 3.67. The highest BCUT2D eigenvalue weighted by molar-refractivity contribution is 7.89. The number of benzene rings is 1. The van der Waals surface area contributed by atoms with E-state index in [1.807, 2.05) is 6.07 Å². The fourth-order valence-electron chi connectivity index (χ4n) is 2.68. The molecule has 1 fully saturated rings. The summed E-state index contributed by atoms with van der Waals surface area (Å²) in [6.45, 7) is 3.97. The molecule has 6 heteroatoms. The summed E-state index contributed by atoms with van der Waals surface area (Å²) in [5.74, 6) is 1.80. The van der Waals surface area contributed by atoms with Gasteiger partial charge in [-0.05, 0) is 49.1 Å². The zero-order valence-corrected chi connectivity index (χ0v) is 14.2. The molecule has 124 valence electrons. The fourth-order valence-corrected chi connectivity index (χ4v) is 3.96. The normalized spacial score (nSPS) is 20.9. The summed E-state index contributed by atoms with van der Waals surface area (Å²) in [6.07, 6.45) is 1.11. The number of furan rings is 1. The molecule has 0 bridgehead atoms. The minimum atomic E-state index is -3.90. The summed E-state index contributed by atoms with van der Waals surface area (Å²) in [7, 11) is -2.47. The molecule has 23 heavy (non-hydrogen) atoms. The van der Waals surface area contributed by atoms with Gasteiger partial charge in [0.1, 0.15) is 22.2 Å². The Labute approximate surface area is 136 Å². The molecule has 0 unspecified atom stereocenters. The molecule has 3 rings (SSSR count). The van der Waals surface area contributed by atoms with Crippen molar-refractivity contribution in [3.8, 4) is 0 Å². The van der Waals surface area contributed by atoms with E-state index in [4.69, 9.17) is 4.42 Å². The van der Waals surface area contributed by atoms with Crippen molar-refractivity contribution in [2.75, 3.05) is 7.05 Å². The first-order valence-electron chi connectivity index (χ1n) is 7.60. The second-order valence-corrected chi connectivity index (χ2v) is 8.33. The molecule has 1 heterocycles. The van der Waals surface area contributed by atoms with Gasteiger partial charge < -0.3 is 4.42 Å². The van der Waals surface area contributed by atoms with Crippen molar-refractivity contribution >= 4 is 10.0 Å². The molecule has 0 aliphatic heterocycles. The maximum absolute atomic E-state index is 13.9. The molecular formula is C17H20FNO3S. The molecule has 2 aromatic rings. The standard InChI is InChI=1S/C17H20FNO3S/c1-11-4-6-15(18)17(8-11)23(20,21)19(3)10-13-5-7-16(22-13)14-9-12(14)2/h4-8,12,14H,9-10H2,1-3H3/t12-,14+/m0/s1. The molecule has 0 N–H and O–H groups in total. The van der Waals surface area contributed by atoms with Crippen molar-refractivity contribution in [2.45, 2.75) is 37.6 Å². The van der Waals surface area contributed by atoms with Crippen LogP contribution in [0.3, 0.4) is 0 Å². The molecule has 1 aromatic heterocycles. The van der Waals surface area contributed by atoms with Crippen molar-refractivity contribution in [3.63, 3.8) is 0 Å². The monoisotopic (exact) mass is 337 g/mol. The lowest BCUT2D eigenvalue weighted by atomic mass is 10.2. The highest BCUT2D eigenvalue weighted by atomic mass is 32.2. The van der Waals surface area contributed by atoms with Crippen LogP contribution >= 0.6 is 0 Å². The Hall–Kier alpha value is -1.66. The topological polar surface area (TPSA) is 50.5 Å². The van der Waals surface area contributed by atoms with Crippen LogP contribution in [-0.2, 0) is 16.6 Å². The SMILES string of the molecule is Cc1ccc(F)c(S(=O)(=O)N(C)Cc2ccc([C@@H]3C[C@@H]3C)o2)c1. The number of nitrogens with zero attached hydrogens (tertiary/aromatic N) is 1. The number of sulfonamides is 1. The van der Waals surface area contributed by atoms with E-state index in [1.165, 1.54) is 19.2 Å². The highest BCUT2D eigenvalue weighted by Gasteiger charge is 2.36. The van der Waals surface area contributed by atoms with Crippen LogP contribution in [-0.4, -0.2) is 19.8 Å². The van der Waals surface area contributed by atoms with Crippen LogP contribution in [0.4, 0.5) is 4.39 Å². The zero-order chi connectivity index (χ0) is 16.8. The molecule has 2 atom stereocenters. The lowest BCUT2D eigenvalue weighted by molar-refractivity contribution is 0.388. The van der Waals surface area contributed by atoms with Gasteiger partial charge in [-0.1, -0.05) is 13.0 Å². The second kappa shape index (κ2) is 5.76. The van der Waals surface area contributed by atoms with E-state index in [9.17, 15) is 12.8 Å². The maximum atomic E-state index is 13.9. The molecule has 1 aliphatic carbocycles. The molecule has 0 radical (unpaired) electrons. The minimum absolute atomic E-state index is 0.0802. The Balaban J connectivity index is 1.80. The quantitative estimate of drug-likeness (QED) is 0.836. The van der Waals surface area contributed by atoms with Crippen LogP contribution < -0.4 is 0 Å². The van der Waals surface area contributed by atoms with Crippen molar-refractivity contribution in [1.82, 2.24) is 4.31 Å². The van der Waals surface area contributed by atoms with E-state index in [-0.39, 0.29) is 11.4 Å². The highest BCUT2D eigenvalue weighted by Crippen LogP contribution is 2.47. The van der Waals surface area contributed by atoms with Gasteiger partial charge in [0.05, 0.1) is 6.54 Å². The number of halogens is 1. The summed E-state index contributed by atoms with van der Waals surface area (Å²) in [5.41, 5.74) is 0.696. The second-order valence-electron chi connectivity index (χ2n) is 6.32. The summed E-state index contributed by atoms with van der Waals surface area (Å²) < 4.78 is 45.9. The van der Waals surface area contributed by atoms with E-state index in [1.54, 1.807) is 19.1 Å². The minimum Gasteiger partial charge on any atom is -0.464 e. The van der Waals surface area contributed by atoms with E-state index in [2.05, 4.69) is 6.92 Å². The Kier molecular flexibility index (Phi) is 4.06. The van der Waals surface area contributed by atoms with Crippen LogP contribution in [0.15, 0.2) is 39.6 Å². The number of aryl methyl sites for hydroxylation is 1.